The van der Waals surface area contributed by atoms with Gasteiger partial charge >= 0.3 is 0 Å². The van der Waals surface area contributed by atoms with Gasteiger partial charge in [0.1, 0.15) is 16.5 Å². The Kier molecular flexibility index (Phi) is 11.8. The Labute approximate surface area is 356 Å². The van der Waals surface area contributed by atoms with Crippen LogP contribution in [0.4, 0.5) is 11.6 Å². The second-order valence-electron chi connectivity index (χ2n) is 13.8. The Hall–Kier alpha value is -7.39. The summed E-state index contributed by atoms with van der Waals surface area (Å²) in [5, 5.41) is 14.0. The fourth-order valence-corrected chi connectivity index (χ4v) is 7.65. The number of primary sulfonamides is 1. The molecule has 0 saturated carbocycles. The van der Waals surface area contributed by atoms with Crippen molar-refractivity contribution in [1.29, 1.82) is 0 Å². The third-order valence-electron chi connectivity index (χ3n) is 9.63. The first-order valence-electron chi connectivity index (χ1n) is 19.0. The molecule has 0 aliphatic rings. The highest BCUT2D eigenvalue weighted by atomic mass is 35.5. The van der Waals surface area contributed by atoms with Gasteiger partial charge in [0.25, 0.3) is 5.56 Å². The molecule has 5 heterocycles. The van der Waals surface area contributed by atoms with Crippen LogP contribution in [0.5, 0.6) is 0 Å². The van der Waals surface area contributed by atoms with E-state index < -0.39 is 20.5 Å². The molecule has 302 valence electrons. The van der Waals surface area contributed by atoms with Crippen molar-refractivity contribution < 1.29 is 8.42 Å². The number of anilines is 2. The second kappa shape index (κ2) is 17.8. The number of nitrogens with two attached hydrogens (primary N) is 1. The zero-order valence-electron chi connectivity index (χ0n) is 32.6. The van der Waals surface area contributed by atoms with Gasteiger partial charge in [-0.3, -0.25) is 14.8 Å². The van der Waals surface area contributed by atoms with Crippen LogP contribution >= 0.6 is 11.6 Å². The van der Waals surface area contributed by atoms with E-state index in [0.717, 1.165) is 54.5 Å². The molecule has 4 aromatic carbocycles. The van der Waals surface area contributed by atoms with Gasteiger partial charge in [0.15, 0.2) is 5.82 Å². The third-order valence-corrected chi connectivity index (χ3v) is 10.7. The summed E-state index contributed by atoms with van der Waals surface area (Å²) in [7, 11) is -2.79. The largest absolute Gasteiger partial charge is 0.364 e. The number of hydrogen-bond acceptors (Lipinski definition) is 11. The molecule has 0 spiro atoms. The molecule has 0 saturated heterocycles. The van der Waals surface area contributed by atoms with E-state index in [1.807, 2.05) is 115 Å². The van der Waals surface area contributed by atoms with E-state index in [-0.39, 0.29) is 11.1 Å². The van der Waals surface area contributed by atoms with Crippen LogP contribution in [-0.4, -0.2) is 42.9 Å². The standard InChI is InChI=1S/C26H22N6O3S.C20H15ClN4/c1-32-16-18(14-22(26(32)33)36(27,34)35)24-30-21-12-7-11-20(17-8-3-2-4-9-17)23(21)25(31-24)29-15-19-10-5-6-13-28-19;21-20-24-17-11-6-10-16(14-7-2-1-3-8-14)18(17)19(25-20)23-13-15-9-4-5-12-22-15/h2-14,16H,15H2,1H3,(H2,27,34,35)(H,29,30,31);1-12H,13H2,(H,23,24,25). The molecule has 0 fully saturated rings. The summed E-state index contributed by atoms with van der Waals surface area (Å²) in [5.74, 6) is 1.50. The highest BCUT2D eigenvalue weighted by molar-refractivity contribution is 7.89. The Bertz CT molecular complexity index is 3160. The van der Waals surface area contributed by atoms with Gasteiger partial charge in [0, 0.05) is 31.2 Å². The minimum absolute atomic E-state index is 0.223. The maximum atomic E-state index is 12.4. The smallest absolute Gasteiger partial charge is 0.270 e. The number of nitrogens with one attached hydrogen (secondary N) is 2. The Morgan fingerprint density at radius 3 is 1.62 bits per heavy atom. The van der Waals surface area contributed by atoms with Crippen molar-refractivity contribution in [3.05, 3.63) is 185 Å². The van der Waals surface area contributed by atoms with Crippen molar-refractivity contribution in [2.75, 3.05) is 10.6 Å². The first kappa shape index (κ1) is 40.4. The second-order valence-corrected chi connectivity index (χ2v) is 15.6. The molecule has 0 atom stereocenters. The number of sulfonamides is 1. The topological polar surface area (TPSA) is 184 Å². The van der Waals surface area contributed by atoms with Gasteiger partial charge in [-0.2, -0.15) is 0 Å². The van der Waals surface area contributed by atoms with Crippen LogP contribution in [0.1, 0.15) is 11.4 Å². The molecular weight excluding hydrogens is 808 g/mol. The summed E-state index contributed by atoms with van der Waals surface area (Å²) in [4.78, 5) is 38.9. The average molecular weight is 845 g/mol. The molecule has 9 aromatic rings. The number of aromatic nitrogens is 7. The zero-order valence-corrected chi connectivity index (χ0v) is 34.2. The molecule has 0 radical (unpaired) electrons. The molecule has 0 bridgehead atoms. The average Bonchev–Trinajstić information content (AvgIpc) is 3.28. The lowest BCUT2D eigenvalue weighted by atomic mass is 10.0. The highest BCUT2D eigenvalue weighted by Gasteiger charge is 2.20. The number of halogens is 1. The summed E-state index contributed by atoms with van der Waals surface area (Å²) in [6.45, 7) is 0.970. The first-order valence-corrected chi connectivity index (χ1v) is 20.9. The van der Waals surface area contributed by atoms with Crippen LogP contribution in [0.15, 0.2) is 168 Å². The van der Waals surface area contributed by atoms with Gasteiger partial charge in [-0.15, -0.1) is 0 Å². The van der Waals surface area contributed by atoms with Crippen LogP contribution in [-0.2, 0) is 30.2 Å². The highest BCUT2D eigenvalue weighted by Crippen LogP contribution is 2.35. The molecule has 0 aliphatic heterocycles. The lowest BCUT2D eigenvalue weighted by molar-refractivity contribution is 0.595. The zero-order chi connectivity index (χ0) is 42.3. The van der Waals surface area contributed by atoms with E-state index in [0.29, 0.717) is 35.8 Å². The minimum atomic E-state index is -4.24. The summed E-state index contributed by atoms with van der Waals surface area (Å²) in [6, 6.07) is 44.5. The third kappa shape index (κ3) is 9.26. The fourth-order valence-electron chi connectivity index (χ4n) is 6.80. The predicted molar refractivity (Wildman–Crippen MR) is 240 cm³/mol. The Balaban J connectivity index is 0.000000180. The molecule has 15 heteroatoms. The molecule has 9 rings (SSSR count). The van der Waals surface area contributed by atoms with Crippen LogP contribution in [0, 0.1) is 0 Å². The van der Waals surface area contributed by atoms with Crippen molar-refractivity contribution >= 4 is 55.1 Å². The van der Waals surface area contributed by atoms with E-state index in [2.05, 4.69) is 48.8 Å². The van der Waals surface area contributed by atoms with E-state index >= 15 is 0 Å². The van der Waals surface area contributed by atoms with E-state index in [9.17, 15) is 13.2 Å². The van der Waals surface area contributed by atoms with Crippen molar-refractivity contribution in [2.45, 2.75) is 18.0 Å². The van der Waals surface area contributed by atoms with Crippen LogP contribution in [0.25, 0.3) is 55.4 Å². The van der Waals surface area contributed by atoms with Gasteiger partial charge in [0.2, 0.25) is 15.3 Å². The normalized spacial score (nSPS) is 11.2. The van der Waals surface area contributed by atoms with Crippen LogP contribution in [0.2, 0.25) is 5.28 Å². The molecule has 13 nitrogen and oxygen atoms in total. The summed E-state index contributed by atoms with van der Waals surface area (Å²) < 4.78 is 25.2. The molecule has 5 aromatic heterocycles. The van der Waals surface area contributed by atoms with Crippen molar-refractivity contribution in [2.24, 2.45) is 12.2 Å². The van der Waals surface area contributed by atoms with Gasteiger partial charge in [0.05, 0.1) is 46.3 Å². The first-order chi connectivity index (χ1) is 29.6. The maximum absolute atomic E-state index is 12.4. The number of pyridine rings is 3. The van der Waals surface area contributed by atoms with Gasteiger partial charge in [-0.05, 0) is 76.3 Å². The monoisotopic (exact) mass is 844 g/mol. The summed E-state index contributed by atoms with van der Waals surface area (Å²) in [5.41, 5.74) is 6.95. The van der Waals surface area contributed by atoms with E-state index in [4.69, 9.17) is 26.7 Å². The predicted octanol–water partition coefficient (Wildman–Crippen LogP) is 8.27. The van der Waals surface area contributed by atoms with Gasteiger partial charge < -0.3 is 15.2 Å². The van der Waals surface area contributed by atoms with E-state index in [1.54, 1.807) is 12.4 Å². The maximum Gasteiger partial charge on any atom is 0.270 e. The number of benzene rings is 4. The SMILES string of the molecule is Clc1nc(NCc2ccccn2)c2c(-c3ccccc3)cccc2n1.Cn1cc(-c2nc(NCc3ccccn3)c3c(-c4ccccc4)cccc3n2)cc(S(N)(=O)=O)c1=O. The quantitative estimate of drug-likeness (QED) is 0.113. The molecule has 0 unspecified atom stereocenters. The lowest BCUT2D eigenvalue weighted by Crippen LogP contribution is -2.27. The number of hydrogen-bond donors (Lipinski definition) is 3. The molecule has 0 aliphatic carbocycles. The number of aryl methyl sites for hydroxylation is 1. The van der Waals surface area contributed by atoms with Gasteiger partial charge in [-0.25, -0.2) is 33.5 Å². The number of rotatable bonds is 10. The van der Waals surface area contributed by atoms with Crippen molar-refractivity contribution in [3.8, 4) is 33.6 Å². The van der Waals surface area contributed by atoms with E-state index in [1.165, 1.54) is 19.3 Å². The van der Waals surface area contributed by atoms with Gasteiger partial charge in [-0.1, -0.05) is 97.1 Å². The molecule has 0 amide bonds. The number of nitrogens with zero attached hydrogens (tertiary/aromatic N) is 7. The molecular formula is C46H37ClN10O3S. The van der Waals surface area contributed by atoms with Crippen molar-refractivity contribution in [1.82, 2.24) is 34.5 Å². The number of fused-ring (bicyclic) bond motifs is 2. The Morgan fingerprint density at radius 1 is 0.607 bits per heavy atom. The molecule has 61 heavy (non-hydrogen) atoms. The summed E-state index contributed by atoms with van der Waals surface area (Å²) in [6.07, 6.45) is 4.98. The lowest BCUT2D eigenvalue weighted by Gasteiger charge is -2.15. The Morgan fingerprint density at radius 2 is 1.11 bits per heavy atom. The van der Waals surface area contributed by atoms with Crippen LogP contribution in [0.3, 0.4) is 0 Å². The minimum Gasteiger partial charge on any atom is -0.364 e. The fraction of sp³-hybridized carbons (Fsp3) is 0.0652. The molecule has 4 N–H and O–H groups in total. The van der Waals surface area contributed by atoms with Crippen molar-refractivity contribution in [3.63, 3.8) is 0 Å². The van der Waals surface area contributed by atoms with Crippen LogP contribution < -0.4 is 21.3 Å². The summed E-state index contributed by atoms with van der Waals surface area (Å²) >= 11 is 6.13.